The van der Waals surface area contributed by atoms with Crippen LogP contribution in [-0.2, 0) is 27.5 Å². The summed E-state index contributed by atoms with van der Waals surface area (Å²) in [5.41, 5.74) is 0.811. The highest BCUT2D eigenvalue weighted by atomic mass is 32.2. The zero-order chi connectivity index (χ0) is 17.3. The molecule has 0 aliphatic carbocycles. The van der Waals surface area contributed by atoms with Crippen molar-refractivity contribution in [3.8, 4) is 0 Å². The van der Waals surface area contributed by atoms with Crippen molar-refractivity contribution < 1.29 is 17.3 Å². The van der Waals surface area contributed by atoms with Gasteiger partial charge in [0.25, 0.3) is 5.95 Å². The fourth-order valence-electron chi connectivity index (χ4n) is 1.96. The Balaban J connectivity index is 2.16. The quantitative estimate of drug-likeness (QED) is 0.900. The minimum absolute atomic E-state index is 0.149. The predicted molar refractivity (Wildman–Crippen MR) is 85.3 cm³/mol. The molecule has 126 valence electrons. The van der Waals surface area contributed by atoms with Gasteiger partial charge in [0.1, 0.15) is 5.82 Å². The molecule has 0 fully saturated rings. The molecule has 1 heterocycles. The largest absolute Gasteiger partial charge is 0.347 e. The molecule has 6 nitrogen and oxygen atoms in total. The average Bonchev–Trinajstić information content (AvgIpc) is 2.86. The van der Waals surface area contributed by atoms with Gasteiger partial charge < -0.3 is 9.84 Å². The Morgan fingerprint density at radius 3 is 2.52 bits per heavy atom. The molecule has 1 N–H and O–H groups in total. The first kappa shape index (κ1) is 17.4. The van der Waals surface area contributed by atoms with Crippen LogP contribution in [0.15, 0.2) is 22.7 Å². The van der Waals surface area contributed by atoms with Gasteiger partial charge in [-0.2, -0.15) is 4.98 Å². The molecule has 23 heavy (non-hydrogen) atoms. The molecule has 0 radical (unpaired) electrons. The van der Waals surface area contributed by atoms with Crippen molar-refractivity contribution in [1.82, 2.24) is 10.1 Å². The molecule has 0 amide bonds. The average molecular weight is 341 g/mol. The zero-order valence-electron chi connectivity index (χ0n) is 13.6. The Labute approximate surface area is 135 Å². The minimum atomic E-state index is -3.21. The third-order valence-electron chi connectivity index (χ3n) is 3.09. The third kappa shape index (κ3) is 5.02. The molecule has 0 atom stereocenters. The number of sulfone groups is 1. The van der Waals surface area contributed by atoms with Crippen LogP contribution in [0.2, 0.25) is 0 Å². The normalized spacial score (nSPS) is 12.4. The lowest BCUT2D eigenvalue weighted by Gasteiger charge is -2.11. The first-order valence-electron chi connectivity index (χ1n) is 7.08. The molecular formula is C15H20FN3O3S. The number of hydrogen-bond donors (Lipinski definition) is 1. The van der Waals surface area contributed by atoms with E-state index < -0.39 is 15.7 Å². The van der Waals surface area contributed by atoms with Crippen LogP contribution in [0.3, 0.4) is 0 Å². The van der Waals surface area contributed by atoms with E-state index in [0.29, 0.717) is 17.0 Å². The molecule has 0 saturated carbocycles. The number of anilines is 1. The molecule has 2 aromatic rings. The van der Waals surface area contributed by atoms with Gasteiger partial charge in [-0.25, -0.2) is 12.8 Å². The Kier molecular flexibility index (Phi) is 4.74. The van der Waals surface area contributed by atoms with Crippen molar-refractivity contribution in [3.05, 3.63) is 41.0 Å². The first-order chi connectivity index (χ1) is 10.5. The van der Waals surface area contributed by atoms with Gasteiger partial charge in [0.15, 0.2) is 9.84 Å². The van der Waals surface area contributed by atoms with Crippen LogP contribution in [0.5, 0.6) is 0 Å². The van der Waals surface area contributed by atoms with Gasteiger partial charge in [0.2, 0.25) is 5.89 Å². The van der Waals surface area contributed by atoms with E-state index in [2.05, 4.69) is 15.5 Å². The highest BCUT2D eigenvalue weighted by Gasteiger charge is 2.21. The summed E-state index contributed by atoms with van der Waals surface area (Å²) >= 11 is 0. The number of halogens is 1. The van der Waals surface area contributed by atoms with E-state index in [-0.39, 0.29) is 23.7 Å². The zero-order valence-corrected chi connectivity index (χ0v) is 14.4. The number of benzene rings is 1. The fourth-order valence-corrected chi connectivity index (χ4v) is 2.80. The van der Waals surface area contributed by atoms with E-state index >= 15 is 0 Å². The maximum atomic E-state index is 13.4. The van der Waals surface area contributed by atoms with Gasteiger partial charge in [-0.05, 0) is 28.4 Å². The summed E-state index contributed by atoms with van der Waals surface area (Å²) in [5.74, 6) is 0.187. The minimum Gasteiger partial charge on any atom is -0.347 e. The van der Waals surface area contributed by atoms with E-state index in [4.69, 9.17) is 4.52 Å². The molecule has 0 saturated heterocycles. The van der Waals surface area contributed by atoms with Crippen molar-refractivity contribution >= 4 is 15.8 Å². The number of aromatic nitrogens is 2. The molecule has 0 bridgehead atoms. The second-order valence-electron chi connectivity index (χ2n) is 6.51. The third-order valence-corrected chi connectivity index (χ3v) is 3.93. The van der Waals surface area contributed by atoms with Gasteiger partial charge in [-0.15, -0.1) is 0 Å². The van der Waals surface area contributed by atoms with E-state index in [0.717, 1.165) is 6.26 Å². The van der Waals surface area contributed by atoms with E-state index in [9.17, 15) is 12.8 Å². The van der Waals surface area contributed by atoms with E-state index in [1.54, 1.807) is 0 Å². The highest BCUT2D eigenvalue weighted by molar-refractivity contribution is 7.89. The van der Waals surface area contributed by atoms with Gasteiger partial charge in [0.05, 0.1) is 5.75 Å². The van der Waals surface area contributed by atoms with Gasteiger partial charge in [-0.3, -0.25) is 0 Å². The first-order valence-corrected chi connectivity index (χ1v) is 9.14. The lowest BCUT2D eigenvalue weighted by atomic mass is 9.97. The van der Waals surface area contributed by atoms with Gasteiger partial charge in [-0.1, -0.05) is 26.8 Å². The summed E-state index contributed by atoms with van der Waals surface area (Å²) < 4.78 is 41.5. The van der Waals surface area contributed by atoms with Crippen molar-refractivity contribution in [1.29, 1.82) is 0 Å². The molecule has 0 aliphatic rings. The molecule has 0 aliphatic heterocycles. The smallest absolute Gasteiger partial charge is 0.263 e. The molecule has 2 rings (SSSR count). The van der Waals surface area contributed by atoms with Gasteiger partial charge in [0, 0.05) is 18.2 Å². The van der Waals surface area contributed by atoms with Crippen LogP contribution in [-0.4, -0.2) is 24.8 Å². The van der Waals surface area contributed by atoms with Crippen LogP contribution in [0.25, 0.3) is 0 Å². The second-order valence-corrected chi connectivity index (χ2v) is 8.65. The summed E-state index contributed by atoms with van der Waals surface area (Å²) in [7, 11) is -3.21. The summed E-state index contributed by atoms with van der Waals surface area (Å²) in [4.78, 5) is 4.22. The lowest BCUT2D eigenvalue weighted by molar-refractivity contribution is 0.321. The number of rotatable bonds is 5. The number of hydrogen-bond acceptors (Lipinski definition) is 6. The lowest BCUT2D eigenvalue weighted by Crippen LogP contribution is -2.12. The van der Waals surface area contributed by atoms with Crippen LogP contribution < -0.4 is 5.32 Å². The molecular weight excluding hydrogens is 321 g/mol. The Bertz CT molecular complexity index is 795. The van der Waals surface area contributed by atoms with Crippen molar-refractivity contribution in [2.45, 2.75) is 38.5 Å². The number of nitrogens with zero attached hydrogens (tertiary/aromatic N) is 2. The molecule has 0 unspecified atom stereocenters. The van der Waals surface area contributed by atoms with E-state index in [1.165, 1.54) is 18.2 Å². The second kappa shape index (κ2) is 6.27. The summed E-state index contributed by atoms with van der Waals surface area (Å²) in [6.07, 6.45) is 1.14. The molecule has 0 spiro atoms. The predicted octanol–water partition coefficient (Wildman–Crippen LogP) is 2.66. The summed E-state index contributed by atoms with van der Waals surface area (Å²) in [6, 6.07) is 4.03. The van der Waals surface area contributed by atoms with Crippen LogP contribution in [0.1, 0.15) is 37.8 Å². The summed E-state index contributed by atoms with van der Waals surface area (Å²) in [6.45, 7) is 6.04. The Hall–Kier alpha value is -1.96. The Morgan fingerprint density at radius 2 is 1.96 bits per heavy atom. The summed E-state index contributed by atoms with van der Waals surface area (Å²) in [5, 5.41) is 6.74. The monoisotopic (exact) mass is 341 g/mol. The highest BCUT2D eigenvalue weighted by Crippen LogP contribution is 2.21. The topological polar surface area (TPSA) is 85.1 Å². The maximum Gasteiger partial charge on any atom is 0.263 e. The van der Waals surface area contributed by atoms with Crippen LogP contribution >= 0.6 is 0 Å². The van der Waals surface area contributed by atoms with Crippen LogP contribution in [0.4, 0.5) is 10.3 Å². The van der Waals surface area contributed by atoms with Crippen molar-refractivity contribution in [3.63, 3.8) is 0 Å². The number of nitrogens with one attached hydrogen (secondary N) is 1. The fraction of sp³-hybridized carbons (Fsp3) is 0.467. The van der Waals surface area contributed by atoms with Crippen LogP contribution in [0, 0.1) is 5.82 Å². The standard InChI is InChI=1S/C15H20FN3O3S/c1-15(2,3)13-18-14(19-22-13)17-8-11-7-12(16)6-5-10(11)9-23(4,20)21/h5-7H,8-9H2,1-4H3,(H,17,19). The SMILES string of the molecule is CC(C)(C)c1nc(NCc2cc(F)ccc2CS(C)(=O)=O)no1. The molecule has 8 heteroatoms. The molecule has 1 aromatic heterocycles. The maximum absolute atomic E-state index is 13.4. The van der Waals surface area contributed by atoms with E-state index in [1.807, 2.05) is 20.8 Å². The Morgan fingerprint density at radius 1 is 1.26 bits per heavy atom. The molecule has 1 aromatic carbocycles. The van der Waals surface area contributed by atoms with Gasteiger partial charge >= 0.3 is 0 Å². The van der Waals surface area contributed by atoms with Crippen molar-refractivity contribution in [2.75, 3.05) is 11.6 Å². The van der Waals surface area contributed by atoms with Crippen molar-refractivity contribution in [2.24, 2.45) is 0 Å².